The van der Waals surface area contributed by atoms with Gasteiger partial charge in [-0.25, -0.2) is 0 Å². The first-order valence-electron chi connectivity index (χ1n) is 8.44. The summed E-state index contributed by atoms with van der Waals surface area (Å²) in [6.07, 6.45) is 5.33. The zero-order valence-electron chi connectivity index (χ0n) is 14.4. The van der Waals surface area contributed by atoms with Crippen molar-refractivity contribution >= 4 is 23.1 Å². The predicted molar refractivity (Wildman–Crippen MR) is 93.9 cm³/mol. The molecule has 130 valence electrons. The van der Waals surface area contributed by atoms with Gasteiger partial charge in [-0.05, 0) is 58.2 Å². The molecule has 1 saturated heterocycles. The first-order chi connectivity index (χ1) is 11.6. The van der Waals surface area contributed by atoms with Crippen LogP contribution in [0.3, 0.4) is 0 Å². The van der Waals surface area contributed by atoms with E-state index in [0.717, 1.165) is 43.9 Å². The van der Waals surface area contributed by atoms with Crippen LogP contribution in [-0.4, -0.2) is 43.3 Å². The van der Waals surface area contributed by atoms with Gasteiger partial charge in [-0.15, -0.1) is 5.10 Å². The fraction of sp³-hybridized carbons (Fsp3) is 0.625. The minimum Gasteiger partial charge on any atom is -0.323 e. The van der Waals surface area contributed by atoms with Crippen molar-refractivity contribution in [2.45, 2.75) is 46.2 Å². The van der Waals surface area contributed by atoms with Crippen LogP contribution in [0.15, 0.2) is 12.4 Å². The Morgan fingerprint density at radius 1 is 1.46 bits per heavy atom. The van der Waals surface area contributed by atoms with Crippen molar-refractivity contribution in [3.05, 3.63) is 23.0 Å². The van der Waals surface area contributed by atoms with Gasteiger partial charge in [0.05, 0.1) is 22.5 Å². The first-order valence-corrected chi connectivity index (χ1v) is 9.22. The third-order valence-corrected chi connectivity index (χ3v) is 5.74. The van der Waals surface area contributed by atoms with E-state index in [1.165, 1.54) is 16.4 Å². The van der Waals surface area contributed by atoms with Gasteiger partial charge in [0.25, 0.3) is 0 Å². The SMILES string of the molecule is CCn1cc(NC(=O)C2CCN(C(C)c3snnc3C)CC2)cn1. The average Bonchev–Trinajstić information content (AvgIpc) is 3.23. The van der Waals surface area contributed by atoms with Gasteiger partial charge < -0.3 is 5.32 Å². The molecule has 0 saturated carbocycles. The van der Waals surface area contributed by atoms with Crippen LogP contribution in [0.4, 0.5) is 5.69 Å². The fourth-order valence-electron chi connectivity index (χ4n) is 3.18. The highest BCUT2D eigenvalue weighted by Crippen LogP contribution is 2.30. The van der Waals surface area contributed by atoms with Crippen molar-refractivity contribution in [3.63, 3.8) is 0 Å². The lowest BCUT2D eigenvalue weighted by molar-refractivity contribution is -0.121. The monoisotopic (exact) mass is 348 g/mol. The quantitative estimate of drug-likeness (QED) is 0.898. The van der Waals surface area contributed by atoms with Gasteiger partial charge >= 0.3 is 0 Å². The summed E-state index contributed by atoms with van der Waals surface area (Å²) < 4.78 is 5.84. The molecular weight excluding hydrogens is 324 g/mol. The fourth-order valence-corrected chi connectivity index (χ4v) is 3.91. The Morgan fingerprint density at radius 2 is 2.21 bits per heavy atom. The molecular formula is C16H24N6OS. The second-order valence-corrected chi connectivity index (χ2v) is 7.07. The molecule has 3 rings (SSSR count). The van der Waals surface area contributed by atoms with Gasteiger partial charge in [0.15, 0.2) is 0 Å². The molecule has 24 heavy (non-hydrogen) atoms. The third kappa shape index (κ3) is 3.64. The lowest BCUT2D eigenvalue weighted by Gasteiger charge is -2.35. The molecule has 0 spiro atoms. The normalized spacial score (nSPS) is 17.8. The summed E-state index contributed by atoms with van der Waals surface area (Å²) in [5.74, 6) is 0.174. The van der Waals surface area contributed by atoms with E-state index in [9.17, 15) is 4.79 Å². The number of aryl methyl sites for hydroxylation is 2. The second kappa shape index (κ2) is 7.40. The summed E-state index contributed by atoms with van der Waals surface area (Å²) in [5, 5.41) is 11.3. The van der Waals surface area contributed by atoms with Gasteiger partial charge in [0.1, 0.15) is 0 Å². The number of aromatic nitrogens is 4. The van der Waals surface area contributed by atoms with Crippen LogP contribution < -0.4 is 5.32 Å². The van der Waals surface area contributed by atoms with E-state index in [2.05, 4.69) is 31.8 Å². The Kier molecular flexibility index (Phi) is 5.25. The summed E-state index contributed by atoms with van der Waals surface area (Å²) in [5.41, 5.74) is 1.80. The average molecular weight is 348 g/mol. The second-order valence-electron chi connectivity index (χ2n) is 6.28. The van der Waals surface area contributed by atoms with E-state index in [-0.39, 0.29) is 11.8 Å². The number of hydrogen-bond acceptors (Lipinski definition) is 6. The number of amides is 1. The molecule has 0 radical (unpaired) electrons. The molecule has 1 amide bonds. The summed E-state index contributed by atoms with van der Waals surface area (Å²) in [7, 11) is 0. The number of hydrogen-bond donors (Lipinski definition) is 1. The minimum atomic E-state index is 0.0686. The van der Waals surface area contributed by atoms with E-state index in [4.69, 9.17) is 0 Å². The minimum absolute atomic E-state index is 0.0686. The van der Waals surface area contributed by atoms with Crippen molar-refractivity contribution in [1.82, 2.24) is 24.3 Å². The lowest BCUT2D eigenvalue weighted by Crippen LogP contribution is -2.39. The van der Waals surface area contributed by atoms with Gasteiger partial charge in [0.2, 0.25) is 5.91 Å². The van der Waals surface area contributed by atoms with E-state index < -0.39 is 0 Å². The van der Waals surface area contributed by atoms with Crippen LogP contribution in [0.2, 0.25) is 0 Å². The predicted octanol–water partition coefficient (Wildman–Crippen LogP) is 2.47. The maximum Gasteiger partial charge on any atom is 0.227 e. The number of anilines is 1. The summed E-state index contributed by atoms with van der Waals surface area (Å²) >= 11 is 1.47. The topological polar surface area (TPSA) is 75.9 Å². The Morgan fingerprint density at radius 3 is 2.79 bits per heavy atom. The maximum atomic E-state index is 12.4. The largest absolute Gasteiger partial charge is 0.323 e. The molecule has 3 heterocycles. The summed E-state index contributed by atoms with van der Waals surface area (Å²) in [6, 6.07) is 0.316. The molecule has 1 aliphatic rings. The number of nitrogens with zero attached hydrogens (tertiary/aromatic N) is 5. The lowest BCUT2D eigenvalue weighted by atomic mass is 9.94. The first kappa shape index (κ1) is 17.0. The highest BCUT2D eigenvalue weighted by Gasteiger charge is 2.29. The molecule has 0 aromatic carbocycles. The molecule has 1 aliphatic heterocycles. The van der Waals surface area contributed by atoms with E-state index in [1.807, 2.05) is 24.7 Å². The van der Waals surface area contributed by atoms with Gasteiger partial charge in [-0.3, -0.25) is 14.4 Å². The zero-order chi connectivity index (χ0) is 17.1. The van der Waals surface area contributed by atoms with Crippen molar-refractivity contribution in [2.75, 3.05) is 18.4 Å². The van der Waals surface area contributed by atoms with Crippen LogP contribution in [0.1, 0.15) is 43.3 Å². The molecule has 1 unspecified atom stereocenters. The summed E-state index contributed by atoms with van der Waals surface area (Å²) in [6.45, 7) is 8.87. The highest BCUT2D eigenvalue weighted by molar-refractivity contribution is 7.05. The van der Waals surface area contributed by atoms with Crippen molar-refractivity contribution in [1.29, 1.82) is 0 Å². The molecule has 1 atom stereocenters. The zero-order valence-corrected chi connectivity index (χ0v) is 15.2. The number of carbonyl (C=O) groups is 1. The molecule has 1 N–H and O–H groups in total. The smallest absolute Gasteiger partial charge is 0.227 e. The third-order valence-electron chi connectivity index (χ3n) is 4.74. The molecule has 2 aromatic rings. The standard InChI is InChI=1S/C16H24N6OS/c1-4-22-10-14(9-17-22)18-16(23)13-5-7-21(8-6-13)12(3)15-11(2)19-20-24-15/h9-10,12-13H,4-8H2,1-3H3,(H,18,23). The Bertz CT molecular complexity index is 688. The Labute approximate surface area is 146 Å². The molecule has 7 nitrogen and oxygen atoms in total. The van der Waals surface area contributed by atoms with Crippen LogP contribution in [-0.2, 0) is 11.3 Å². The van der Waals surface area contributed by atoms with Crippen LogP contribution in [0.5, 0.6) is 0 Å². The number of rotatable bonds is 5. The van der Waals surface area contributed by atoms with Crippen molar-refractivity contribution < 1.29 is 4.79 Å². The number of nitrogens with one attached hydrogen (secondary N) is 1. The van der Waals surface area contributed by atoms with Crippen LogP contribution >= 0.6 is 11.5 Å². The summed E-state index contributed by atoms with van der Waals surface area (Å²) in [4.78, 5) is 16.1. The van der Waals surface area contributed by atoms with E-state index >= 15 is 0 Å². The maximum absolute atomic E-state index is 12.4. The number of carbonyl (C=O) groups excluding carboxylic acids is 1. The molecule has 0 aliphatic carbocycles. The molecule has 1 fully saturated rings. The highest BCUT2D eigenvalue weighted by atomic mass is 32.1. The molecule has 8 heteroatoms. The molecule has 0 bridgehead atoms. The number of piperidine rings is 1. The van der Waals surface area contributed by atoms with Gasteiger partial charge in [-0.2, -0.15) is 5.10 Å². The Balaban J connectivity index is 1.52. The van der Waals surface area contributed by atoms with E-state index in [0.29, 0.717) is 6.04 Å². The van der Waals surface area contributed by atoms with Crippen molar-refractivity contribution in [2.24, 2.45) is 5.92 Å². The number of likely N-dealkylation sites (tertiary alicyclic amines) is 1. The van der Waals surface area contributed by atoms with Crippen molar-refractivity contribution in [3.8, 4) is 0 Å². The van der Waals surface area contributed by atoms with Crippen LogP contribution in [0.25, 0.3) is 0 Å². The van der Waals surface area contributed by atoms with Gasteiger partial charge in [-0.1, -0.05) is 4.49 Å². The van der Waals surface area contributed by atoms with Crippen LogP contribution in [0, 0.1) is 12.8 Å². The Hall–Kier alpha value is -1.80. The molecule has 2 aromatic heterocycles. The van der Waals surface area contributed by atoms with E-state index in [1.54, 1.807) is 6.20 Å². The van der Waals surface area contributed by atoms with Gasteiger partial charge in [0, 0.05) is 24.7 Å².